The lowest BCUT2D eigenvalue weighted by Gasteiger charge is -2.23. The van der Waals surface area contributed by atoms with Crippen molar-refractivity contribution in [3.05, 3.63) is 65.0 Å². The molecule has 0 unspecified atom stereocenters. The monoisotopic (exact) mass is 287 g/mol. The third-order valence-corrected chi connectivity index (χ3v) is 3.39. The summed E-state index contributed by atoms with van der Waals surface area (Å²) in [5.74, 6) is -1.94. The number of carbonyl (C=O) groups is 1. The zero-order valence-electron chi connectivity index (χ0n) is 12.1. The van der Waals surface area contributed by atoms with E-state index in [4.69, 9.17) is 5.11 Å². The van der Waals surface area contributed by atoms with E-state index in [0.29, 0.717) is 6.54 Å². The van der Waals surface area contributed by atoms with Gasteiger partial charge in [-0.2, -0.15) is 0 Å². The van der Waals surface area contributed by atoms with Crippen LogP contribution in [0.3, 0.4) is 0 Å². The predicted molar refractivity (Wildman–Crippen MR) is 81.3 cm³/mol. The summed E-state index contributed by atoms with van der Waals surface area (Å²) in [6.07, 6.45) is 0. The number of nitrogens with zero attached hydrogens (tertiary/aromatic N) is 1. The van der Waals surface area contributed by atoms with Gasteiger partial charge < -0.3 is 10.0 Å². The van der Waals surface area contributed by atoms with Gasteiger partial charge in [0, 0.05) is 18.8 Å². The molecule has 0 bridgehead atoms. The second kappa shape index (κ2) is 6.39. The number of carboxylic acid groups (broad SMARTS) is 1. The van der Waals surface area contributed by atoms with Crippen LogP contribution in [-0.4, -0.2) is 17.6 Å². The molecule has 0 saturated heterocycles. The van der Waals surface area contributed by atoms with E-state index < -0.39 is 11.8 Å². The fourth-order valence-corrected chi connectivity index (χ4v) is 2.26. The van der Waals surface area contributed by atoms with Gasteiger partial charge in [0.25, 0.3) is 0 Å². The normalized spacial score (nSPS) is 10.4. The van der Waals surface area contributed by atoms with Gasteiger partial charge in [-0.15, -0.1) is 0 Å². The van der Waals surface area contributed by atoms with E-state index in [1.54, 1.807) is 6.07 Å². The van der Waals surface area contributed by atoms with E-state index in [1.807, 2.05) is 32.0 Å². The molecule has 4 heteroatoms. The Bertz CT molecular complexity index is 655. The number of halogens is 1. The van der Waals surface area contributed by atoms with Gasteiger partial charge >= 0.3 is 5.97 Å². The number of hydrogen-bond acceptors (Lipinski definition) is 2. The summed E-state index contributed by atoms with van der Waals surface area (Å²) in [5.41, 5.74) is 2.69. The van der Waals surface area contributed by atoms with Crippen molar-refractivity contribution in [3.8, 4) is 0 Å². The minimum absolute atomic E-state index is 0.294. The highest BCUT2D eigenvalue weighted by atomic mass is 19.1. The Kier molecular flexibility index (Phi) is 4.58. The number of carboxylic acids is 1. The lowest BCUT2D eigenvalue weighted by Crippen LogP contribution is -2.22. The number of aromatic carboxylic acids is 1. The van der Waals surface area contributed by atoms with Crippen LogP contribution in [-0.2, 0) is 6.54 Å². The number of hydrogen-bond donors (Lipinski definition) is 1. The van der Waals surface area contributed by atoms with Gasteiger partial charge in [0.1, 0.15) is 5.82 Å². The first-order valence-corrected chi connectivity index (χ1v) is 6.84. The molecule has 0 atom stereocenters. The topological polar surface area (TPSA) is 40.5 Å². The average molecular weight is 287 g/mol. The molecule has 0 aromatic heterocycles. The Morgan fingerprint density at radius 3 is 2.57 bits per heavy atom. The standard InChI is InChI=1S/C17H18FNO2/c1-3-19(14-6-4-5-12(2)9-14)11-13-7-8-15(17(20)21)16(18)10-13/h4-10H,3,11H2,1-2H3,(H,20,21). The molecule has 0 aliphatic carbocycles. The van der Waals surface area contributed by atoms with Crippen molar-refractivity contribution in [2.45, 2.75) is 20.4 Å². The largest absolute Gasteiger partial charge is 0.478 e. The zero-order valence-corrected chi connectivity index (χ0v) is 12.1. The van der Waals surface area contributed by atoms with E-state index in [2.05, 4.69) is 11.0 Å². The maximum Gasteiger partial charge on any atom is 0.338 e. The SMILES string of the molecule is CCN(Cc1ccc(C(=O)O)c(F)c1)c1cccc(C)c1. The van der Waals surface area contributed by atoms with Gasteiger partial charge in [-0.05, 0) is 49.2 Å². The summed E-state index contributed by atoms with van der Waals surface area (Å²) in [6.45, 7) is 5.38. The molecular weight excluding hydrogens is 269 g/mol. The van der Waals surface area contributed by atoms with Crippen molar-refractivity contribution >= 4 is 11.7 Å². The number of aryl methyl sites for hydroxylation is 1. The van der Waals surface area contributed by atoms with Gasteiger partial charge in [-0.25, -0.2) is 9.18 Å². The van der Waals surface area contributed by atoms with Gasteiger partial charge in [0.2, 0.25) is 0 Å². The molecule has 0 amide bonds. The number of rotatable bonds is 5. The van der Waals surface area contributed by atoms with E-state index in [9.17, 15) is 9.18 Å². The van der Waals surface area contributed by atoms with Gasteiger partial charge in [0.15, 0.2) is 0 Å². The van der Waals surface area contributed by atoms with E-state index in [1.165, 1.54) is 17.7 Å². The zero-order chi connectivity index (χ0) is 15.4. The highest BCUT2D eigenvalue weighted by Crippen LogP contribution is 2.19. The van der Waals surface area contributed by atoms with Gasteiger partial charge in [0.05, 0.1) is 5.56 Å². The molecule has 2 aromatic rings. The first-order valence-electron chi connectivity index (χ1n) is 6.84. The van der Waals surface area contributed by atoms with Crippen LogP contribution in [0.1, 0.15) is 28.4 Å². The molecule has 0 fully saturated rings. The molecule has 0 aliphatic heterocycles. The van der Waals surface area contributed by atoms with Crippen LogP contribution in [0.2, 0.25) is 0 Å². The summed E-state index contributed by atoms with van der Waals surface area (Å²) in [5, 5.41) is 8.84. The molecule has 0 aliphatic rings. The lowest BCUT2D eigenvalue weighted by molar-refractivity contribution is 0.0692. The van der Waals surface area contributed by atoms with Crippen molar-refractivity contribution in [1.29, 1.82) is 0 Å². The summed E-state index contributed by atoms with van der Waals surface area (Å²) in [7, 11) is 0. The van der Waals surface area contributed by atoms with Gasteiger partial charge in [-0.3, -0.25) is 0 Å². The molecule has 110 valence electrons. The molecule has 0 spiro atoms. The summed E-state index contributed by atoms with van der Waals surface area (Å²) < 4.78 is 13.7. The predicted octanol–water partition coefficient (Wildman–Crippen LogP) is 3.86. The first kappa shape index (κ1) is 15.0. The molecular formula is C17H18FNO2. The van der Waals surface area contributed by atoms with Crippen LogP contribution in [0.25, 0.3) is 0 Å². The van der Waals surface area contributed by atoms with Crippen molar-refractivity contribution in [2.24, 2.45) is 0 Å². The average Bonchev–Trinajstić information content (AvgIpc) is 2.44. The molecule has 21 heavy (non-hydrogen) atoms. The minimum atomic E-state index is -1.25. The Morgan fingerprint density at radius 2 is 2.00 bits per heavy atom. The summed E-state index contributed by atoms with van der Waals surface area (Å²) in [6, 6.07) is 12.4. The minimum Gasteiger partial charge on any atom is -0.478 e. The third-order valence-electron chi connectivity index (χ3n) is 3.39. The molecule has 2 rings (SSSR count). The molecule has 1 N–H and O–H groups in total. The molecule has 2 aromatic carbocycles. The van der Waals surface area contributed by atoms with E-state index in [-0.39, 0.29) is 5.56 Å². The van der Waals surface area contributed by atoms with Crippen molar-refractivity contribution in [1.82, 2.24) is 0 Å². The molecule has 0 heterocycles. The molecule has 3 nitrogen and oxygen atoms in total. The fraction of sp³-hybridized carbons (Fsp3) is 0.235. The number of benzene rings is 2. The maximum atomic E-state index is 13.7. The van der Waals surface area contributed by atoms with Crippen LogP contribution >= 0.6 is 0 Å². The van der Waals surface area contributed by atoms with Gasteiger partial charge in [-0.1, -0.05) is 18.2 Å². The van der Waals surface area contributed by atoms with Crippen LogP contribution in [0.15, 0.2) is 42.5 Å². The summed E-state index contributed by atoms with van der Waals surface area (Å²) in [4.78, 5) is 12.9. The Hall–Kier alpha value is -2.36. The van der Waals surface area contributed by atoms with Crippen molar-refractivity contribution < 1.29 is 14.3 Å². The van der Waals surface area contributed by atoms with Crippen LogP contribution < -0.4 is 4.90 Å². The highest BCUT2D eigenvalue weighted by molar-refractivity contribution is 5.87. The Labute approximate surface area is 123 Å². The lowest BCUT2D eigenvalue weighted by atomic mass is 10.1. The first-order chi connectivity index (χ1) is 10.0. The molecule has 0 radical (unpaired) electrons. The highest BCUT2D eigenvalue weighted by Gasteiger charge is 2.12. The molecule has 0 saturated carbocycles. The van der Waals surface area contributed by atoms with E-state index >= 15 is 0 Å². The van der Waals surface area contributed by atoms with Crippen molar-refractivity contribution in [3.63, 3.8) is 0 Å². The Balaban J connectivity index is 2.23. The quantitative estimate of drug-likeness (QED) is 0.907. The van der Waals surface area contributed by atoms with Crippen molar-refractivity contribution in [2.75, 3.05) is 11.4 Å². The summed E-state index contributed by atoms with van der Waals surface area (Å²) >= 11 is 0. The second-order valence-corrected chi connectivity index (χ2v) is 4.97. The third kappa shape index (κ3) is 3.60. The Morgan fingerprint density at radius 1 is 1.24 bits per heavy atom. The van der Waals surface area contributed by atoms with Crippen LogP contribution in [0, 0.1) is 12.7 Å². The smallest absolute Gasteiger partial charge is 0.338 e. The van der Waals surface area contributed by atoms with E-state index in [0.717, 1.165) is 17.8 Å². The fourth-order valence-electron chi connectivity index (χ4n) is 2.26. The number of anilines is 1. The second-order valence-electron chi connectivity index (χ2n) is 4.97. The van der Waals surface area contributed by atoms with Crippen LogP contribution in [0.4, 0.5) is 10.1 Å². The maximum absolute atomic E-state index is 13.7. The van der Waals surface area contributed by atoms with Crippen LogP contribution in [0.5, 0.6) is 0 Å².